The average Bonchev–Trinajstić information content (AvgIpc) is 3.39. The molecule has 0 amide bonds. The molecule has 0 spiro atoms. The molecule has 4 unspecified atom stereocenters. The second-order valence-corrected chi connectivity index (χ2v) is 10.6. The number of halogens is 1. The van der Waals surface area contributed by atoms with E-state index in [9.17, 15) is 4.89 Å². The number of rotatable bonds is 9. The van der Waals surface area contributed by atoms with Gasteiger partial charge in [-0.2, -0.15) is 4.98 Å². The summed E-state index contributed by atoms with van der Waals surface area (Å²) in [5.74, 6) is 0.377. The number of nitrogens with one attached hydrogen (secondary N) is 1. The van der Waals surface area contributed by atoms with Gasteiger partial charge in [0.15, 0.2) is 28.2 Å². The summed E-state index contributed by atoms with van der Waals surface area (Å²) in [5.41, 5.74) is 2.41. The Morgan fingerprint density at radius 3 is 2.81 bits per heavy atom. The first-order valence-electron chi connectivity index (χ1n) is 10.0. The normalized spacial score (nSPS) is 20.7. The highest BCUT2D eigenvalue weighted by atomic mass is 35.5. The third-order valence-electron chi connectivity index (χ3n) is 5.11. The summed E-state index contributed by atoms with van der Waals surface area (Å²) in [6.45, 7) is 2.21. The molecule has 3 heterocycles. The highest BCUT2D eigenvalue weighted by molar-refractivity contribution is 7.63. The van der Waals surface area contributed by atoms with Crippen LogP contribution in [0.5, 0.6) is 0 Å². The zero-order valence-electron chi connectivity index (χ0n) is 17.2. The third kappa shape index (κ3) is 5.71. The number of imidazole rings is 1. The molecule has 0 radical (unpaired) electrons. The third-order valence-corrected chi connectivity index (χ3v) is 7.70. The van der Waals surface area contributed by atoms with E-state index in [4.69, 9.17) is 30.6 Å². The Kier molecular flexibility index (Phi) is 7.87. The molecule has 1 aliphatic rings. The summed E-state index contributed by atoms with van der Waals surface area (Å²) in [5, 5.41) is 7.77. The number of fused-ring (bicyclic) bond motifs is 1. The number of anilines is 1. The Bertz CT molecular complexity index is 1040. The van der Waals surface area contributed by atoms with E-state index in [0.717, 1.165) is 24.1 Å². The summed E-state index contributed by atoms with van der Waals surface area (Å²) in [6.07, 6.45) is 2.67. The van der Waals surface area contributed by atoms with Gasteiger partial charge < -0.3 is 29.3 Å². The maximum atomic E-state index is 9.72. The van der Waals surface area contributed by atoms with E-state index in [-0.39, 0.29) is 36.0 Å². The van der Waals surface area contributed by atoms with Gasteiger partial charge in [0.25, 0.3) is 0 Å². The summed E-state index contributed by atoms with van der Waals surface area (Å²) in [7, 11) is -4.06. The van der Waals surface area contributed by atoms with Crippen LogP contribution in [-0.2, 0) is 9.26 Å². The van der Waals surface area contributed by atoms with E-state index in [0.29, 0.717) is 11.5 Å². The highest BCUT2D eigenvalue weighted by Gasteiger charge is 2.31. The van der Waals surface area contributed by atoms with Crippen molar-refractivity contribution in [3.8, 4) is 0 Å². The fourth-order valence-corrected chi connectivity index (χ4v) is 5.27. The van der Waals surface area contributed by atoms with Crippen LogP contribution in [0.4, 0.5) is 5.82 Å². The lowest BCUT2D eigenvalue weighted by molar-refractivity contribution is 0.0151. The molecule has 0 bridgehead atoms. The molecule has 1 saturated heterocycles. The van der Waals surface area contributed by atoms with E-state index in [1.165, 1.54) is 0 Å². The van der Waals surface area contributed by atoms with Crippen molar-refractivity contribution >= 4 is 39.8 Å². The summed E-state index contributed by atoms with van der Waals surface area (Å²) in [4.78, 5) is 36.5. The molecule has 1 aromatic carbocycles. The van der Waals surface area contributed by atoms with Gasteiger partial charge in [-0.3, -0.25) is 0 Å². The number of benzene rings is 1. The average molecular weight is 500 g/mol. The maximum absolute atomic E-state index is 9.72. The molecule has 0 aliphatic carbocycles. The summed E-state index contributed by atoms with van der Waals surface area (Å²) >= 11 is 6.21. The Labute approximate surface area is 192 Å². The molecule has 0 saturated carbocycles. The maximum Gasteiger partial charge on any atom is 0.243 e. The second kappa shape index (κ2) is 10.6. The van der Waals surface area contributed by atoms with Gasteiger partial charge in [0.2, 0.25) is 5.28 Å². The van der Waals surface area contributed by atoms with Gasteiger partial charge in [-0.05, 0) is 36.9 Å². The largest absolute Gasteiger partial charge is 0.366 e. The lowest BCUT2D eigenvalue weighted by Crippen LogP contribution is -2.15. The molecule has 172 valence electrons. The lowest BCUT2D eigenvalue weighted by atomic mass is 10.1. The van der Waals surface area contributed by atoms with Gasteiger partial charge in [0.05, 0.1) is 36.5 Å². The monoisotopic (exact) mass is 499 g/mol. The van der Waals surface area contributed by atoms with Crippen LogP contribution >= 0.6 is 28.4 Å². The standard InChI is InChI=1S/C19H24ClN5O5P2/c1-12(13-5-3-2-4-6-13)22-17-18-21-9-15(25(18)24-19(20)23-17)16-8-7-14(30-16)10-29-32(28)11-31(26)27/h2-6,9,12,14,16,26-28H,7-8,10-11H2,1H3,(H,22,23,24). The number of ether oxygens (including phenoxy) is 1. The van der Waals surface area contributed by atoms with E-state index < -0.39 is 16.8 Å². The van der Waals surface area contributed by atoms with Crippen molar-refractivity contribution < 1.29 is 23.9 Å². The number of aromatic nitrogens is 4. The molecule has 1 aliphatic heterocycles. The topological polar surface area (TPSA) is 134 Å². The Hall–Kier alpha value is -1.48. The Morgan fingerprint density at radius 2 is 2.06 bits per heavy atom. The van der Waals surface area contributed by atoms with Gasteiger partial charge >= 0.3 is 0 Å². The van der Waals surface area contributed by atoms with Crippen molar-refractivity contribution in [2.24, 2.45) is 0 Å². The summed E-state index contributed by atoms with van der Waals surface area (Å²) in [6, 6.07) is 9.98. The van der Waals surface area contributed by atoms with Crippen molar-refractivity contribution in [3.05, 3.63) is 53.1 Å². The lowest BCUT2D eigenvalue weighted by Gasteiger charge is -2.17. The zero-order valence-corrected chi connectivity index (χ0v) is 19.8. The first-order valence-corrected chi connectivity index (χ1v) is 13.2. The van der Waals surface area contributed by atoms with Crippen LogP contribution in [0.2, 0.25) is 5.28 Å². The summed E-state index contributed by atoms with van der Waals surface area (Å²) < 4.78 is 13.0. The fourth-order valence-electron chi connectivity index (χ4n) is 3.58. The zero-order chi connectivity index (χ0) is 22.7. The molecule has 4 rings (SSSR count). The highest BCUT2D eigenvalue weighted by Crippen LogP contribution is 2.44. The van der Waals surface area contributed by atoms with Crippen LogP contribution < -0.4 is 5.32 Å². The van der Waals surface area contributed by atoms with E-state index in [1.54, 1.807) is 10.7 Å². The van der Waals surface area contributed by atoms with Crippen LogP contribution in [0.15, 0.2) is 36.5 Å². The molecule has 1 fully saturated rings. The predicted octanol–water partition coefficient (Wildman–Crippen LogP) is 3.75. The van der Waals surface area contributed by atoms with E-state index in [1.807, 2.05) is 37.3 Å². The molecule has 4 N–H and O–H groups in total. The van der Waals surface area contributed by atoms with Crippen LogP contribution in [0.3, 0.4) is 0 Å². The van der Waals surface area contributed by atoms with Crippen molar-refractivity contribution in [2.45, 2.75) is 38.0 Å². The van der Waals surface area contributed by atoms with Crippen LogP contribution in [0, 0.1) is 0 Å². The molecule has 10 nitrogen and oxygen atoms in total. The van der Waals surface area contributed by atoms with Crippen LogP contribution in [0.25, 0.3) is 5.65 Å². The molecule has 13 heteroatoms. The van der Waals surface area contributed by atoms with Crippen molar-refractivity contribution in [2.75, 3.05) is 17.8 Å². The molecule has 32 heavy (non-hydrogen) atoms. The number of nitrogens with zero attached hydrogens (tertiary/aromatic N) is 4. The van der Waals surface area contributed by atoms with Gasteiger partial charge in [0, 0.05) is 0 Å². The van der Waals surface area contributed by atoms with E-state index >= 15 is 0 Å². The first-order chi connectivity index (χ1) is 15.4. The van der Waals surface area contributed by atoms with Crippen molar-refractivity contribution in [3.63, 3.8) is 0 Å². The van der Waals surface area contributed by atoms with Crippen LogP contribution in [-0.4, -0.2) is 52.9 Å². The fraction of sp³-hybridized carbons (Fsp3) is 0.421. The SMILES string of the molecule is CC(Nc1nc(Cl)nn2c(C3CCC(COP(O)CP(O)O)O3)cnc12)c1ccccc1. The molecule has 4 atom stereocenters. The van der Waals surface area contributed by atoms with Crippen molar-refractivity contribution in [1.82, 2.24) is 19.6 Å². The second-order valence-electron chi connectivity index (χ2n) is 7.41. The van der Waals surface area contributed by atoms with Crippen LogP contribution in [0.1, 0.15) is 43.2 Å². The smallest absolute Gasteiger partial charge is 0.243 e. The van der Waals surface area contributed by atoms with Gasteiger partial charge in [-0.25, -0.2) is 9.50 Å². The molecule has 3 aromatic rings. The molecular formula is C19H24ClN5O5P2. The Balaban J connectivity index is 1.47. The van der Waals surface area contributed by atoms with Gasteiger partial charge in [-0.1, -0.05) is 30.3 Å². The molecular weight excluding hydrogens is 476 g/mol. The first kappa shape index (κ1) is 23.7. The van der Waals surface area contributed by atoms with Gasteiger partial charge in [0.1, 0.15) is 6.10 Å². The predicted molar refractivity (Wildman–Crippen MR) is 122 cm³/mol. The number of hydrogen-bond acceptors (Lipinski definition) is 9. The Morgan fingerprint density at radius 1 is 1.28 bits per heavy atom. The minimum Gasteiger partial charge on any atom is -0.366 e. The van der Waals surface area contributed by atoms with Gasteiger partial charge in [-0.15, -0.1) is 5.10 Å². The van der Waals surface area contributed by atoms with Crippen molar-refractivity contribution in [1.29, 1.82) is 0 Å². The van der Waals surface area contributed by atoms with E-state index in [2.05, 4.69) is 20.4 Å². The number of hydrogen-bond donors (Lipinski definition) is 4. The molecule has 2 aromatic heterocycles. The minimum absolute atomic E-state index is 0.0115. The minimum atomic E-state index is -2.18. The quantitative estimate of drug-likeness (QED) is 0.325.